The van der Waals surface area contributed by atoms with E-state index in [0.29, 0.717) is 17.4 Å². The zero-order valence-electron chi connectivity index (χ0n) is 11.5. The molecule has 0 amide bonds. The molecule has 1 aromatic heterocycles. The summed E-state index contributed by atoms with van der Waals surface area (Å²) in [5, 5.41) is 3.71. The number of benzene rings is 1. The Morgan fingerprint density at radius 2 is 2.10 bits per heavy atom. The van der Waals surface area contributed by atoms with E-state index in [2.05, 4.69) is 10.3 Å². The Morgan fingerprint density at radius 3 is 2.75 bits per heavy atom. The van der Waals surface area contributed by atoms with Gasteiger partial charge in [-0.2, -0.15) is 0 Å². The molecule has 0 atom stereocenters. The molecule has 0 bridgehead atoms. The molecule has 0 aliphatic rings. The van der Waals surface area contributed by atoms with Gasteiger partial charge in [0.1, 0.15) is 18.1 Å². The summed E-state index contributed by atoms with van der Waals surface area (Å²) >= 11 is 5.98. The molecule has 4 nitrogen and oxygen atoms in total. The first-order chi connectivity index (χ1) is 9.72. The molecule has 20 heavy (non-hydrogen) atoms. The molecule has 0 aliphatic carbocycles. The molecule has 0 radical (unpaired) electrons. The van der Waals surface area contributed by atoms with Gasteiger partial charge in [-0.3, -0.25) is 4.98 Å². The van der Waals surface area contributed by atoms with Gasteiger partial charge < -0.3 is 14.8 Å². The van der Waals surface area contributed by atoms with Crippen LogP contribution in [-0.2, 0) is 13.2 Å². The largest absolute Gasteiger partial charge is 0.496 e. The van der Waals surface area contributed by atoms with Gasteiger partial charge in [0.05, 0.1) is 19.0 Å². The van der Waals surface area contributed by atoms with Crippen LogP contribution in [0.1, 0.15) is 11.3 Å². The second kappa shape index (κ2) is 7.12. The third kappa shape index (κ3) is 3.85. The predicted molar refractivity (Wildman–Crippen MR) is 79.3 cm³/mol. The number of hydrogen-bond donors (Lipinski definition) is 1. The standard InChI is InChI=1S/C15H17ClN2O2/c1-17-8-13-4-5-14(9-18-13)20-10-11-7-12(16)3-6-15(11)19-2/h3-7,9,17H,8,10H2,1-2H3. The van der Waals surface area contributed by atoms with E-state index in [4.69, 9.17) is 21.1 Å². The molecule has 5 heteroatoms. The van der Waals surface area contributed by atoms with Gasteiger partial charge in [-0.15, -0.1) is 0 Å². The molecule has 0 saturated carbocycles. The lowest BCUT2D eigenvalue weighted by Gasteiger charge is -2.10. The van der Waals surface area contributed by atoms with Crippen LogP contribution >= 0.6 is 11.6 Å². The third-order valence-corrected chi connectivity index (χ3v) is 3.03. The topological polar surface area (TPSA) is 43.4 Å². The van der Waals surface area contributed by atoms with Crippen molar-refractivity contribution < 1.29 is 9.47 Å². The van der Waals surface area contributed by atoms with Gasteiger partial charge in [0.25, 0.3) is 0 Å². The zero-order valence-corrected chi connectivity index (χ0v) is 12.3. The second-order valence-electron chi connectivity index (χ2n) is 4.26. The highest BCUT2D eigenvalue weighted by Crippen LogP contribution is 2.24. The number of aromatic nitrogens is 1. The number of nitrogens with zero attached hydrogens (tertiary/aromatic N) is 1. The molecule has 0 aliphatic heterocycles. The van der Waals surface area contributed by atoms with Gasteiger partial charge in [0.15, 0.2) is 0 Å². The van der Waals surface area contributed by atoms with Gasteiger partial charge in [0.2, 0.25) is 0 Å². The summed E-state index contributed by atoms with van der Waals surface area (Å²) in [7, 11) is 3.51. The molecule has 106 valence electrons. The van der Waals surface area contributed by atoms with Gasteiger partial charge in [-0.05, 0) is 37.4 Å². The summed E-state index contributed by atoms with van der Waals surface area (Å²) in [4.78, 5) is 4.30. The number of ether oxygens (including phenoxy) is 2. The fourth-order valence-corrected chi connectivity index (χ4v) is 2.00. The van der Waals surface area contributed by atoms with Crippen LogP contribution in [-0.4, -0.2) is 19.1 Å². The Bertz CT molecular complexity index is 558. The number of pyridine rings is 1. The first-order valence-electron chi connectivity index (χ1n) is 6.27. The van der Waals surface area contributed by atoms with Crippen molar-refractivity contribution in [2.24, 2.45) is 0 Å². The van der Waals surface area contributed by atoms with Crippen molar-refractivity contribution in [2.45, 2.75) is 13.2 Å². The van der Waals surface area contributed by atoms with Crippen LogP contribution in [0.5, 0.6) is 11.5 Å². The maximum absolute atomic E-state index is 5.98. The number of hydrogen-bond acceptors (Lipinski definition) is 4. The lowest BCUT2D eigenvalue weighted by atomic mass is 10.2. The number of nitrogens with one attached hydrogen (secondary N) is 1. The van der Waals surface area contributed by atoms with Gasteiger partial charge >= 0.3 is 0 Å². The minimum Gasteiger partial charge on any atom is -0.496 e. The lowest BCUT2D eigenvalue weighted by Crippen LogP contribution is -2.06. The number of methoxy groups -OCH3 is 1. The molecule has 1 aromatic carbocycles. The summed E-state index contributed by atoms with van der Waals surface area (Å²) in [5.74, 6) is 1.47. The highest BCUT2D eigenvalue weighted by molar-refractivity contribution is 6.30. The van der Waals surface area contributed by atoms with Crippen LogP contribution in [0.2, 0.25) is 5.02 Å². The molecule has 2 rings (SSSR count). The molecule has 0 spiro atoms. The second-order valence-corrected chi connectivity index (χ2v) is 4.70. The summed E-state index contributed by atoms with van der Waals surface area (Å²) in [6, 6.07) is 9.29. The maximum Gasteiger partial charge on any atom is 0.138 e. The molecule has 0 saturated heterocycles. The third-order valence-electron chi connectivity index (χ3n) is 2.79. The molecule has 1 N–H and O–H groups in total. The van der Waals surface area contributed by atoms with E-state index >= 15 is 0 Å². The van der Waals surface area contributed by atoms with E-state index in [0.717, 1.165) is 23.6 Å². The summed E-state index contributed by atoms with van der Waals surface area (Å²) < 4.78 is 11.0. The van der Waals surface area contributed by atoms with Crippen molar-refractivity contribution in [3.63, 3.8) is 0 Å². The van der Waals surface area contributed by atoms with Crippen LogP contribution in [0.3, 0.4) is 0 Å². The molecule has 0 unspecified atom stereocenters. The Hall–Kier alpha value is -1.78. The summed E-state index contributed by atoms with van der Waals surface area (Å²) in [6.07, 6.45) is 1.71. The fraction of sp³-hybridized carbons (Fsp3) is 0.267. The molecular formula is C15H17ClN2O2. The zero-order chi connectivity index (χ0) is 14.4. The van der Waals surface area contributed by atoms with Crippen LogP contribution in [0.4, 0.5) is 0 Å². The first-order valence-corrected chi connectivity index (χ1v) is 6.65. The average Bonchev–Trinajstić information content (AvgIpc) is 2.47. The Labute approximate surface area is 123 Å². The Morgan fingerprint density at radius 1 is 1.25 bits per heavy atom. The quantitative estimate of drug-likeness (QED) is 0.889. The highest BCUT2D eigenvalue weighted by Gasteiger charge is 2.05. The van der Waals surface area contributed by atoms with E-state index in [1.54, 1.807) is 19.4 Å². The minimum absolute atomic E-state index is 0.386. The molecule has 2 aromatic rings. The van der Waals surface area contributed by atoms with Gasteiger partial charge in [-0.1, -0.05) is 11.6 Å². The minimum atomic E-state index is 0.386. The van der Waals surface area contributed by atoms with Gasteiger partial charge in [-0.25, -0.2) is 0 Å². The van der Waals surface area contributed by atoms with E-state index in [-0.39, 0.29) is 0 Å². The summed E-state index contributed by atoms with van der Waals surface area (Å²) in [6.45, 7) is 1.12. The Balaban J connectivity index is 2.02. The van der Waals surface area contributed by atoms with Crippen molar-refractivity contribution in [2.75, 3.05) is 14.2 Å². The van der Waals surface area contributed by atoms with E-state index < -0.39 is 0 Å². The van der Waals surface area contributed by atoms with Crippen molar-refractivity contribution in [3.05, 3.63) is 52.8 Å². The Kier molecular flexibility index (Phi) is 5.21. The van der Waals surface area contributed by atoms with E-state index in [1.807, 2.05) is 31.3 Å². The first kappa shape index (κ1) is 14.6. The summed E-state index contributed by atoms with van der Waals surface area (Å²) in [5.41, 5.74) is 1.87. The van der Waals surface area contributed by atoms with Crippen molar-refractivity contribution in [1.29, 1.82) is 0 Å². The molecular weight excluding hydrogens is 276 g/mol. The maximum atomic E-state index is 5.98. The van der Waals surface area contributed by atoms with Crippen LogP contribution < -0.4 is 14.8 Å². The van der Waals surface area contributed by atoms with Crippen molar-refractivity contribution >= 4 is 11.6 Å². The van der Waals surface area contributed by atoms with E-state index in [1.165, 1.54) is 0 Å². The van der Waals surface area contributed by atoms with Crippen LogP contribution in [0.15, 0.2) is 36.5 Å². The van der Waals surface area contributed by atoms with Crippen LogP contribution in [0, 0.1) is 0 Å². The smallest absolute Gasteiger partial charge is 0.138 e. The normalized spacial score (nSPS) is 10.3. The predicted octanol–water partition coefficient (Wildman–Crippen LogP) is 3.04. The van der Waals surface area contributed by atoms with Crippen LogP contribution in [0.25, 0.3) is 0 Å². The fourth-order valence-electron chi connectivity index (χ4n) is 1.80. The van der Waals surface area contributed by atoms with Gasteiger partial charge in [0, 0.05) is 17.1 Å². The lowest BCUT2D eigenvalue weighted by molar-refractivity contribution is 0.295. The monoisotopic (exact) mass is 292 g/mol. The average molecular weight is 293 g/mol. The number of rotatable bonds is 6. The van der Waals surface area contributed by atoms with E-state index in [9.17, 15) is 0 Å². The SMILES string of the molecule is CNCc1ccc(OCc2cc(Cl)ccc2OC)cn1. The number of halogens is 1. The molecule has 1 heterocycles. The van der Waals surface area contributed by atoms with Crippen molar-refractivity contribution in [1.82, 2.24) is 10.3 Å². The highest BCUT2D eigenvalue weighted by atomic mass is 35.5. The van der Waals surface area contributed by atoms with Crippen molar-refractivity contribution in [3.8, 4) is 11.5 Å². The molecule has 0 fully saturated rings.